The monoisotopic (exact) mass is 346 g/mol. The Kier molecular flexibility index (Phi) is 11.0. The molecule has 0 saturated carbocycles. The van der Waals surface area contributed by atoms with Crippen molar-refractivity contribution in [2.45, 2.75) is 58.6 Å². The molecule has 1 saturated heterocycles. The maximum Gasteiger partial charge on any atom is 0.504 e. The lowest BCUT2D eigenvalue weighted by atomic mass is 10.2. The zero-order valence-corrected chi connectivity index (χ0v) is 16.2. The summed E-state index contributed by atoms with van der Waals surface area (Å²) in [7, 11) is -2.66. The summed E-state index contributed by atoms with van der Waals surface area (Å²) < 4.78 is 29.0. The van der Waals surface area contributed by atoms with Gasteiger partial charge in [0.1, 0.15) is 6.10 Å². The van der Waals surface area contributed by atoms with Crippen LogP contribution in [0.25, 0.3) is 0 Å². The van der Waals surface area contributed by atoms with E-state index in [2.05, 4.69) is 12.2 Å². The third kappa shape index (κ3) is 7.91. The highest BCUT2D eigenvalue weighted by molar-refractivity contribution is 6.62. The normalized spacial score (nSPS) is 19.4. The highest BCUT2D eigenvalue weighted by Gasteiger charge is 2.48. The lowest BCUT2D eigenvalue weighted by Gasteiger charge is -2.35. The van der Waals surface area contributed by atoms with Crippen molar-refractivity contribution in [3.05, 3.63) is 12.2 Å². The van der Waals surface area contributed by atoms with Gasteiger partial charge in [-0.2, -0.15) is 0 Å². The van der Waals surface area contributed by atoms with Crippen molar-refractivity contribution in [2.75, 3.05) is 39.6 Å². The van der Waals surface area contributed by atoms with E-state index in [1.54, 1.807) is 0 Å². The first-order valence-corrected chi connectivity index (χ1v) is 10.7. The van der Waals surface area contributed by atoms with E-state index in [1.807, 2.05) is 27.7 Å². The van der Waals surface area contributed by atoms with Gasteiger partial charge in [0.15, 0.2) is 0 Å². The van der Waals surface area contributed by atoms with Crippen molar-refractivity contribution in [1.29, 1.82) is 0 Å². The summed E-state index contributed by atoms with van der Waals surface area (Å²) in [4.78, 5) is 0. The number of ether oxygens (including phenoxy) is 2. The number of hydrogen-bond donors (Lipinski definition) is 0. The molecule has 5 nitrogen and oxygen atoms in total. The van der Waals surface area contributed by atoms with Gasteiger partial charge in [-0.3, -0.25) is 0 Å². The topological polar surface area (TPSA) is 49.5 Å². The Morgan fingerprint density at radius 1 is 1.13 bits per heavy atom. The van der Waals surface area contributed by atoms with E-state index in [9.17, 15) is 0 Å². The van der Waals surface area contributed by atoms with Gasteiger partial charge < -0.3 is 22.8 Å². The van der Waals surface area contributed by atoms with Crippen LogP contribution in [-0.2, 0) is 22.8 Å². The molecule has 0 aromatic heterocycles. The molecule has 0 aromatic rings. The Morgan fingerprint density at radius 3 is 2.22 bits per heavy atom. The first-order valence-electron chi connectivity index (χ1n) is 8.94. The van der Waals surface area contributed by atoms with Crippen LogP contribution in [0.3, 0.4) is 0 Å². The lowest BCUT2D eigenvalue weighted by molar-refractivity contribution is 0.0573. The second-order valence-electron chi connectivity index (χ2n) is 5.58. The Labute approximate surface area is 142 Å². The van der Waals surface area contributed by atoms with E-state index in [0.29, 0.717) is 32.5 Å². The first-order chi connectivity index (χ1) is 11.2. The van der Waals surface area contributed by atoms with Gasteiger partial charge in [0.2, 0.25) is 0 Å². The van der Waals surface area contributed by atoms with Crippen LogP contribution < -0.4 is 0 Å². The summed E-state index contributed by atoms with van der Waals surface area (Å²) >= 11 is 0. The number of epoxide rings is 1. The molecule has 0 radical (unpaired) electrons. The Hall–Kier alpha value is -0.243. The molecule has 2 atom stereocenters. The Bertz CT molecular complexity index is 303. The summed E-state index contributed by atoms with van der Waals surface area (Å²) in [6, 6.07) is 0. The van der Waals surface area contributed by atoms with Crippen LogP contribution in [-0.4, -0.2) is 54.5 Å². The van der Waals surface area contributed by atoms with E-state index in [1.165, 1.54) is 0 Å². The smallest absolute Gasteiger partial charge is 0.379 e. The highest BCUT2D eigenvalue weighted by atomic mass is 28.4. The van der Waals surface area contributed by atoms with Crippen molar-refractivity contribution in [3.8, 4) is 0 Å². The molecular weight excluding hydrogens is 312 g/mol. The lowest BCUT2D eigenvalue weighted by Crippen LogP contribution is -2.50. The molecule has 23 heavy (non-hydrogen) atoms. The Balaban J connectivity index is 2.59. The van der Waals surface area contributed by atoms with Gasteiger partial charge in [-0.15, -0.1) is 0 Å². The minimum absolute atomic E-state index is 0.277. The fraction of sp³-hybridized carbons (Fsp3) is 0.882. The van der Waals surface area contributed by atoms with Crippen LogP contribution >= 0.6 is 0 Å². The van der Waals surface area contributed by atoms with Crippen molar-refractivity contribution in [2.24, 2.45) is 0 Å². The van der Waals surface area contributed by atoms with E-state index in [4.69, 9.17) is 22.8 Å². The summed E-state index contributed by atoms with van der Waals surface area (Å²) in [5.41, 5.74) is 0.277. The summed E-state index contributed by atoms with van der Waals surface area (Å²) in [6.07, 6.45) is 7.49. The summed E-state index contributed by atoms with van der Waals surface area (Å²) in [6.45, 7) is 12.2. The molecule has 1 heterocycles. The van der Waals surface area contributed by atoms with E-state index in [-0.39, 0.29) is 5.54 Å². The van der Waals surface area contributed by atoms with E-state index in [0.717, 1.165) is 32.5 Å². The molecule has 1 rings (SSSR count). The molecule has 0 N–H and O–H groups in total. The van der Waals surface area contributed by atoms with Gasteiger partial charge in [-0.05, 0) is 47.0 Å². The third-order valence-electron chi connectivity index (χ3n) is 3.74. The zero-order valence-electron chi connectivity index (χ0n) is 15.2. The molecule has 0 bridgehead atoms. The molecule has 136 valence electrons. The number of hydrogen-bond acceptors (Lipinski definition) is 5. The molecule has 0 spiro atoms. The second kappa shape index (κ2) is 12.2. The van der Waals surface area contributed by atoms with Crippen LogP contribution in [0.1, 0.15) is 47.0 Å². The quantitative estimate of drug-likeness (QED) is 0.196. The standard InChI is InChI=1S/C17H34O5Si/c1-5-9-11-17(12-10-13-18-14-16-15-19-16)23(20-6-2,21-7-3)22-8-4/h5,9,16-17H,6-8,10-15H2,1-4H3. The van der Waals surface area contributed by atoms with Crippen LogP contribution in [0, 0.1) is 0 Å². The SMILES string of the molecule is CC=CCC(CCCOCC1CO1)[Si](OCC)(OCC)OCC. The molecule has 1 aliphatic rings. The molecule has 6 heteroatoms. The fourth-order valence-electron chi connectivity index (χ4n) is 2.63. The maximum atomic E-state index is 6.07. The van der Waals surface area contributed by atoms with Gasteiger partial charge in [-0.1, -0.05) is 12.2 Å². The average molecular weight is 347 g/mol. The van der Waals surface area contributed by atoms with Gasteiger partial charge in [0, 0.05) is 32.0 Å². The van der Waals surface area contributed by atoms with Crippen LogP contribution in [0.2, 0.25) is 5.54 Å². The van der Waals surface area contributed by atoms with E-state index >= 15 is 0 Å². The minimum atomic E-state index is -2.66. The molecule has 2 unspecified atom stereocenters. The predicted octanol–water partition coefficient (Wildman–Crippen LogP) is 3.57. The minimum Gasteiger partial charge on any atom is -0.379 e. The molecule has 0 aliphatic carbocycles. The van der Waals surface area contributed by atoms with Crippen LogP contribution in [0.4, 0.5) is 0 Å². The van der Waals surface area contributed by atoms with Crippen molar-refractivity contribution in [3.63, 3.8) is 0 Å². The second-order valence-corrected chi connectivity index (χ2v) is 8.47. The molecule has 0 aromatic carbocycles. The first kappa shape index (κ1) is 20.8. The van der Waals surface area contributed by atoms with Crippen molar-refractivity contribution >= 4 is 8.80 Å². The molecular formula is C17H34O5Si. The van der Waals surface area contributed by atoms with Gasteiger partial charge >= 0.3 is 8.80 Å². The largest absolute Gasteiger partial charge is 0.504 e. The summed E-state index contributed by atoms with van der Waals surface area (Å²) in [5.74, 6) is 0. The van der Waals surface area contributed by atoms with Gasteiger partial charge in [0.25, 0.3) is 0 Å². The summed E-state index contributed by atoms with van der Waals surface area (Å²) in [5, 5.41) is 0. The molecule has 1 aliphatic heterocycles. The fourth-order valence-corrected chi connectivity index (χ4v) is 5.78. The highest BCUT2D eigenvalue weighted by Crippen LogP contribution is 2.34. The van der Waals surface area contributed by atoms with Crippen molar-refractivity contribution in [1.82, 2.24) is 0 Å². The van der Waals surface area contributed by atoms with Crippen molar-refractivity contribution < 1.29 is 22.8 Å². The number of allylic oxidation sites excluding steroid dienone is 2. The van der Waals surface area contributed by atoms with Gasteiger partial charge in [0.05, 0.1) is 13.2 Å². The van der Waals surface area contributed by atoms with E-state index < -0.39 is 8.80 Å². The van der Waals surface area contributed by atoms with Crippen LogP contribution in [0.15, 0.2) is 12.2 Å². The Morgan fingerprint density at radius 2 is 1.74 bits per heavy atom. The molecule has 1 fully saturated rings. The number of rotatable bonds is 15. The maximum absolute atomic E-state index is 6.07. The van der Waals surface area contributed by atoms with Gasteiger partial charge in [-0.25, -0.2) is 0 Å². The average Bonchev–Trinajstić information content (AvgIpc) is 3.35. The third-order valence-corrected chi connectivity index (χ3v) is 7.34. The molecule has 0 amide bonds. The predicted molar refractivity (Wildman–Crippen MR) is 93.6 cm³/mol. The van der Waals surface area contributed by atoms with Crippen LogP contribution in [0.5, 0.6) is 0 Å². The zero-order chi connectivity index (χ0) is 17.0.